The fourth-order valence-corrected chi connectivity index (χ4v) is 3.53. The second kappa shape index (κ2) is 6.15. The summed E-state index contributed by atoms with van der Waals surface area (Å²) < 4.78 is 6.48. The lowest BCUT2D eigenvalue weighted by Crippen LogP contribution is -2.37. The van der Waals surface area contributed by atoms with Crippen molar-refractivity contribution in [3.8, 4) is 0 Å². The van der Waals surface area contributed by atoms with Gasteiger partial charge in [-0.3, -0.25) is 18.3 Å². The normalized spacial score (nSPS) is 11.6. The Morgan fingerprint density at radius 1 is 1.00 bits per heavy atom. The predicted molar refractivity (Wildman–Crippen MR) is 106 cm³/mol. The summed E-state index contributed by atoms with van der Waals surface area (Å²) in [4.78, 5) is 29.6. The Hall–Kier alpha value is -3.29. The molecule has 0 aliphatic heterocycles. The Balaban J connectivity index is 1.83. The summed E-state index contributed by atoms with van der Waals surface area (Å²) in [5.41, 5.74) is 3.19. The number of anilines is 1. The van der Waals surface area contributed by atoms with Crippen LogP contribution in [0.2, 0.25) is 0 Å². The second-order valence-electron chi connectivity index (χ2n) is 6.74. The monoisotopic (exact) mass is 366 g/mol. The molecule has 0 unspecified atom stereocenters. The van der Waals surface area contributed by atoms with E-state index in [-0.39, 0.29) is 11.2 Å². The lowest BCUT2D eigenvalue weighted by Gasteiger charge is -2.09. The van der Waals surface area contributed by atoms with Crippen molar-refractivity contribution in [1.29, 1.82) is 0 Å². The maximum absolute atomic E-state index is 12.7. The van der Waals surface area contributed by atoms with Gasteiger partial charge in [0.05, 0.1) is 0 Å². The van der Waals surface area contributed by atoms with Crippen LogP contribution in [0, 0.1) is 13.8 Å². The number of hydrogen-bond donors (Lipinski definition) is 1. The minimum atomic E-state index is -0.375. The maximum atomic E-state index is 12.7. The molecular weight excluding hydrogens is 344 g/mol. The number of imidazole rings is 2. The minimum absolute atomic E-state index is 0.330. The van der Waals surface area contributed by atoms with Gasteiger partial charge in [-0.15, -0.1) is 0 Å². The van der Waals surface area contributed by atoms with Crippen LogP contribution in [0.4, 0.5) is 5.69 Å². The Bertz CT molecular complexity index is 1270. The molecule has 0 aliphatic carbocycles. The van der Waals surface area contributed by atoms with E-state index in [1.807, 2.05) is 48.6 Å². The number of aryl methyl sites for hydroxylation is 2. The molecule has 0 bridgehead atoms. The molecule has 4 aromatic rings. The van der Waals surface area contributed by atoms with Crippen LogP contribution >= 0.6 is 0 Å². The zero-order valence-electron chi connectivity index (χ0n) is 15.9. The highest BCUT2D eigenvalue weighted by Gasteiger charge is 2.21. The van der Waals surface area contributed by atoms with Crippen molar-refractivity contribution in [1.82, 2.24) is 23.1 Å². The molecule has 0 atom stereocenters. The van der Waals surface area contributed by atoms with Crippen molar-refractivity contribution in [2.45, 2.75) is 20.4 Å². The van der Waals surface area contributed by atoms with Gasteiger partial charge >= 0.3 is 5.69 Å². The summed E-state index contributed by atoms with van der Waals surface area (Å²) in [5, 5.41) is 3.39. The molecule has 0 radical (unpaired) electrons. The van der Waals surface area contributed by atoms with Crippen molar-refractivity contribution < 1.29 is 0 Å². The minimum Gasteiger partial charge on any atom is -0.383 e. The van der Waals surface area contributed by atoms with Gasteiger partial charge in [0, 0.05) is 44.3 Å². The molecule has 8 heteroatoms. The van der Waals surface area contributed by atoms with Crippen LogP contribution in [-0.2, 0) is 20.6 Å². The molecule has 3 heterocycles. The fraction of sp³-hybridized carbons (Fsp3) is 0.316. The highest BCUT2D eigenvalue weighted by atomic mass is 16.2. The van der Waals surface area contributed by atoms with Crippen molar-refractivity contribution >= 4 is 22.6 Å². The topological polar surface area (TPSA) is 78.3 Å². The average molecular weight is 366 g/mol. The first-order valence-corrected chi connectivity index (χ1v) is 8.84. The van der Waals surface area contributed by atoms with Crippen molar-refractivity contribution in [3.63, 3.8) is 0 Å². The van der Waals surface area contributed by atoms with Crippen molar-refractivity contribution in [2.75, 3.05) is 11.9 Å². The van der Waals surface area contributed by atoms with E-state index in [0.717, 1.165) is 28.2 Å². The molecule has 140 valence electrons. The number of nitrogens with zero attached hydrogens (tertiary/aromatic N) is 5. The number of fused-ring (bicyclic) bond motifs is 3. The van der Waals surface area contributed by atoms with E-state index >= 15 is 0 Å². The largest absolute Gasteiger partial charge is 0.383 e. The molecule has 8 nitrogen and oxygen atoms in total. The van der Waals surface area contributed by atoms with E-state index in [4.69, 9.17) is 0 Å². The van der Waals surface area contributed by atoms with Gasteiger partial charge in [-0.05, 0) is 26.0 Å². The number of nitrogens with one attached hydrogen (secondary N) is 1. The highest BCUT2D eigenvalue weighted by molar-refractivity contribution is 5.76. The van der Waals surface area contributed by atoms with E-state index in [9.17, 15) is 9.59 Å². The summed E-state index contributed by atoms with van der Waals surface area (Å²) >= 11 is 0. The number of rotatable bonds is 4. The van der Waals surface area contributed by atoms with Crippen LogP contribution in [0.1, 0.15) is 11.4 Å². The molecule has 0 saturated carbocycles. The van der Waals surface area contributed by atoms with Crippen LogP contribution < -0.4 is 16.6 Å². The van der Waals surface area contributed by atoms with Gasteiger partial charge in [-0.2, -0.15) is 4.98 Å². The number of hydrogen-bond acceptors (Lipinski definition) is 4. The number of benzene rings is 1. The molecule has 3 aromatic heterocycles. The lowest BCUT2D eigenvalue weighted by atomic mass is 10.3. The SMILES string of the molecule is Cc1c(C)n2c3c(=O)n(C)c(=O)n(C)c3nc2n1CCNc1ccccc1. The lowest BCUT2D eigenvalue weighted by molar-refractivity contribution is 0.705. The second-order valence-corrected chi connectivity index (χ2v) is 6.74. The van der Waals surface area contributed by atoms with Gasteiger partial charge < -0.3 is 9.88 Å². The summed E-state index contributed by atoms with van der Waals surface area (Å²) in [6.07, 6.45) is 0. The van der Waals surface area contributed by atoms with Gasteiger partial charge in [0.25, 0.3) is 5.56 Å². The van der Waals surface area contributed by atoms with Crippen LogP contribution in [-0.4, -0.2) is 29.6 Å². The third-order valence-corrected chi connectivity index (χ3v) is 5.18. The van der Waals surface area contributed by atoms with E-state index in [1.165, 1.54) is 11.6 Å². The summed E-state index contributed by atoms with van der Waals surface area (Å²) in [6.45, 7) is 5.39. The van der Waals surface area contributed by atoms with Gasteiger partial charge in [-0.1, -0.05) is 18.2 Å². The maximum Gasteiger partial charge on any atom is 0.332 e. The van der Waals surface area contributed by atoms with Crippen LogP contribution in [0.5, 0.6) is 0 Å². The fourth-order valence-electron chi connectivity index (χ4n) is 3.53. The van der Waals surface area contributed by atoms with Gasteiger partial charge in [0.2, 0.25) is 5.78 Å². The molecule has 0 amide bonds. The average Bonchev–Trinajstić information content (AvgIpc) is 3.17. The first kappa shape index (κ1) is 17.1. The zero-order valence-corrected chi connectivity index (χ0v) is 15.9. The summed E-state index contributed by atoms with van der Waals surface area (Å²) in [5.74, 6) is 0.674. The van der Waals surface area contributed by atoms with E-state index in [1.54, 1.807) is 7.05 Å². The van der Waals surface area contributed by atoms with E-state index in [0.29, 0.717) is 23.5 Å². The van der Waals surface area contributed by atoms with E-state index < -0.39 is 0 Å². The molecular formula is C19H22N6O2. The Morgan fingerprint density at radius 3 is 2.41 bits per heavy atom. The molecule has 0 spiro atoms. The first-order valence-electron chi connectivity index (χ1n) is 8.84. The standard InChI is InChI=1S/C19H22N6O2/c1-12-13(2)25-15-16(22(3)19(27)23(4)17(15)26)21-18(25)24(12)11-10-20-14-8-6-5-7-9-14/h5-9,20H,10-11H2,1-4H3. The quantitative estimate of drug-likeness (QED) is 0.592. The predicted octanol–water partition coefficient (Wildman–Crippen LogP) is 1.42. The molecule has 0 fully saturated rings. The van der Waals surface area contributed by atoms with Gasteiger partial charge in [0.1, 0.15) is 0 Å². The van der Waals surface area contributed by atoms with Crippen LogP contribution in [0.3, 0.4) is 0 Å². The Labute approximate surface area is 155 Å². The van der Waals surface area contributed by atoms with Crippen molar-refractivity contribution in [2.24, 2.45) is 14.1 Å². The molecule has 4 rings (SSSR count). The molecule has 1 aromatic carbocycles. The van der Waals surface area contributed by atoms with Gasteiger partial charge in [-0.25, -0.2) is 4.79 Å². The van der Waals surface area contributed by atoms with Crippen LogP contribution in [0.25, 0.3) is 16.9 Å². The Morgan fingerprint density at radius 2 is 1.70 bits per heavy atom. The highest BCUT2D eigenvalue weighted by Crippen LogP contribution is 2.20. The third kappa shape index (κ3) is 2.48. The molecule has 0 saturated heterocycles. The molecule has 0 aliphatic rings. The molecule has 27 heavy (non-hydrogen) atoms. The third-order valence-electron chi connectivity index (χ3n) is 5.18. The Kier molecular flexibility index (Phi) is 3.91. The zero-order chi connectivity index (χ0) is 19.3. The summed E-state index contributed by atoms with van der Waals surface area (Å²) in [6, 6.07) is 10.0. The number of aromatic nitrogens is 5. The smallest absolute Gasteiger partial charge is 0.332 e. The van der Waals surface area contributed by atoms with Crippen molar-refractivity contribution in [3.05, 3.63) is 62.6 Å². The van der Waals surface area contributed by atoms with Gasteiger partial charge in [0.15, 0.2) is 11.2 Å². The first-order chi connectivity index (χ1) is 12.9. The van der Waals surface area contributed by atoms with Crippen LogP contribution in [0.15, 0.2) is 39.9 Å². The number of para-hydroxylation sites is 1. The molecule has 1 N–H and O–H groups in total. The summed E-state index contributed by atoms with van der Waals surface area (Å²) in [7, 11) is 3.13. The van der Waals surface area contributed by atoms with E-state index in [2.05, 4.69) is 14.9 Å².